The fourth-order valence-electron chi connectivity index (χ4n) is 5.46. The zero-order valence-corrected chi connectivity index (χ0v) is 20.4. The number of methoxy groups -OCH3 is 1. The van der Waals surface area contributed by atoms with E-state index < -0.39 is 17.6 Å². The van der Waals surface area contributed by atoms with Gasteiger partial charge in [0.25, 0.3) is 5.91 Å². The van der Waals surface area contributed by atoms with E-state index in [0.717, 1.165) is 27.7 Å². The molecule has 0 saturated carbocycles. The summed E-state index contributed by atoms with van der Waals surface area (Å²) in [6, 6.07) is 14.0. The van der Waals surface area contributed by atoms with Crippen molar-refractivity contribution in [1.82, 2.24) is 20.1 Å². The molecule has 1 fully saturated rings. The molecule has 1 saturated heterocycles. The number of benzene rings is 2. The van der Waals surface area contributed by atoms with Crippen molar-refractivity contribution in [3.05, 3.63) is 65.4 Å². The Hall–Kier alpha value is -3.81. The Labute approximate surface area is 204 Å². The highest BCUT2D eigenvalue weighted by Gasteiger charge is 2.61. The van der Waals surface area contributed by atoms with Crippen LogP contribution in [0, 0.1) is 5.92 Å². The van der Waals surface area contributed by atoms with Gasteiger partial charge < -0.3 is 19.9 Å². The quantitative estimate of drug-likeness (QED) is 0.534. The summed E-state index contributed by atoms with van der Waals surface area (Å²) in [5, 5.41) is 3.99. The lowest BCUT2D eigenvalue weighted by molar-refractivity contribution is -0.140. The normalized spacial score (nSPS) is 20.3. The molecule has 0 bridgehead atoms. The molecular formula is C27H30N4O4. The monoisotopic (exact) mass is 474 g/mol. The van der Waals surface area contributed by atoms with Gasteiger partial charge in [0.1, 0.15) is 11.8 Å². The topological polar surface area (TPSA) is 94.7 Å². The summed E-state index contributed by atoms with van der Waals surface area (Å²) in [7, 11) is 1.59. The first-order valence-electron chi connectivity index (χ1n) is 11.9. The van der Waals surface area contributed by atoms with Crippen LogP contribution in [-0.2, 0) is 28.1 Å². The second kappa shape index (κ2) is 8.45. The van der Waals surface area contributed by atoms with E-state index in [4.69, 9.17) is 4.74 Å². The number of para-hydroxylation sites is 1. The van der Waals surface area contributed by atoms with Crippen LogP contribution >= 0.6 is 0 Å². The molecule has 2 aromatic carbocycles. The minimum atomic E-state index is -1.18. The molecule has 8 heteroatoms. The Morgan fingerprint density at radius 1 is 1.17 bits per heavy atom. The molecule has 2 aliphatic heterocycles. The molecule has 3 aromatic rings. The lowest BCUT2D eigenvalue weighted by Crippen LogP contribution is -2.53. The highest BCUT2D eigenvalue weighted by molar-refractivity contribution is 6.11. The van der Waals surface area contributed by atoms with Gasteiger partial charge in [-0.05, 0) is 48.6 Å². The van der Waals surface area contributed by atoms with E-state index >= 15 is 0 Å². The minimum absolute atomic E-state index is 0.264. The van der Waals surface area contributed by atoms with E-state index in [0.29, 0.717) is 18.7 Å². The SMILES string of the molecule is COc1cccc(CNC(=O)C(C(C)C)N2C(=O)N3CCc4c([nH]c5ccccc45)C3(C)C2=O)c1. The highest BCUT2D eigenvalue weighted by atomic mass is 16.5. The minimum Gasteiger partial charge on any atom is -0.497 e. The summed E-state index contributed by atoms with van der Waals surface area (Å²) in [5.41, 5.74) is 2.43. The van der Waals surface area contributed by atoms with Gasteiger partial charge in [-0.2, -0.15) is 0 Å². The smallest absolute Gasteiger partial charge is 0.328 e. The Kier molecular flexibility index (Phi) is 5.54. The van der Waals surface area contributed by atoms with Crippen molar-refractivity contribution < 1.29 is 19.1 Å². The van der Waals surface area contributed by atoms with E-state index in [1.165, 1.54) is 4.90 Å². The van der Waals surface area contributed by atoms with Crippen molar-refractivity contribution in [2.24, 2.45) is 5.92 Å². The zero-order valence-electron chi connectivity index (χ0n) is 20.4. The van der Waals surface area contributed by atoms with Crippen molar-refractivity contribution in [2.75, 3.05) is 13.7 Å². The van der Waals surface area contributed by atoms with E-state index in [9.17, 15) is 14.4 Å². The Bertz CT molecular complexity index is 1330. The first-order chi connectivity index (χ1) is 16.8. The number of rotatable bonds is 6. The molecule has 3 heterocycles. The van der Waals surface area contributed by atoms with Gasteiger partial charge >= 0.3 is 6.03 Å². The van der Waals surface area contributed by atoms with Crippen LogP contribution in [0.2, 0.25) is 0 Å². The number of carbonyl (C=O) groups excluding carboxylic acids is 3. The highest BCUT2D eigenvalue weighted by Crippen LogP contribution is 2.45. The Morgan fingerprint density at radius 3 is 2.69 bits per heavy atom. The predicted molar refractivity (Wildman–Crippen MR) is 132 cm³/mol. The molecule has 0 aliphatic carbocycles. The van der Waals surface area contributed by atoms with Crippen molar-refractivity contribution in [3.8, 4) is 5.75 Å². The summed E-state index contributed by atoms with van der Waals surface area (Å²) in [4.78, 5) is 47.1. The third-order valence-electron chi connectivity index (χ3n) is 7.28. The third kappa shape index (κ3) is 3.47. The predicted octanol–water partition coefficient (Wildman–Crippen LogP) is 3.55. The number of urea groups is 1. The average Bonchev–Trinajstić information content (AvgIpc) is 3.33. The maximum Gasteiger partial charge on any atom is 0.328 e. The third-order valence-corrected chi connectivity index (χ3v) is 7.28. The fraction of sp³-hybridized carbons (Fsp3) is 0.370. The molecule has 0 spiro atoms. The fourth-order valence-corrected chi connectivity index (χ4v) is 5.46. The molecule has 8 nitrogen and oxygen atoms in total. The molecule has 2 N–H and O–H groups in total. The first kappa shape index (κ1) is 23.0. The maximum absolute atomic E-state index is 14.0. The second-order valence-corrected chi connectivity index (χ2v) is 9.71. The van der Waals surface area contributed by atoms with Gasteiger partial charge in [-0.15, -0.1) is 0 Å². The van der Waals surface area contributed by atoms with Gasteiger partial charge in [-0.3, -0.25) is 9.59 Å². The lowest BCUT2D eigenvalue weighted by atomic mass is 9.86. The first-order valence-corrected chi connectivity index (χ1v) is 11.9. The zero-order chi connectivity index (χ0) is 24.9. The molecule has 5 rings (SSSR count). The van der Waals surface area contributed by atoms with Crippen LogP contribution in [0.25, 0.3) is 10.9 Å². The summed E-state index contributed by atoms with van der Waals surface area (Å²) in [5.74, 6) is -0.295. The van der Waals surface area contributed by atoms with Gasteiger partial charge in [0.2, 0.25) is 5.91 Å². The standard InChI is InChI=1S/C27H30N4O4/c1-16(2)22(24(32)28-15-17-8-7-9-18(14-17)35-4)31-25(33)27(3)23-20(12-13-30(27)26(31)34)19-10-5-6-11-21(19)29-23/h5-11,14,16,22,29H,12-13,15H2,1-4H3,(H,28,32). The van der Waals surface area contributed by atoms with Crippen molar-refractivity contribution in [3.63, 3.8) is 0 Å². The Balaban J connectivity index is 1.46. The lowest BCUT2D eigenvalue weighted by Gasteiger charge is -2.36. The number of fused-ring (bicyclic) bond motifs is 5. The van der Waals surface area contributed by atoms with Crippen molar-refractivity contribution >= 4 is 28.7 Å². The number of hydrogen-bond donors (Lipinski definition) is 2. The molecule has 0 radical (unpaired) electrons. The molecule has 4 amide bonds. The molecule has 182 valence electrons. The number of ether oxygens (including phenoxy) is 1. The average molecular weight is 475 g/mol. The molecule has 1 aromatic heterocycles. The van der Waals surface area contributed by atoms with Crippen LogP contribution in [0.4, 0.5) is 4.79 Å². The van der Waals surface area contributed by atoms with Crippen LogP contribution in [0.3, 0.4) is 0 Å². The van der Waals surface area contributed by atoms with Gasteiger partial charge in [-0.25, -0.2) is 9.69 Å². The molecule has 2 unspecified atom stereocenters. The van der Waals surface area contributed by atoms with Crippen LogP contribution in [0.15, 0.2) is 48.5 Å². The van der Waals surface area contributed by atoms with Gasteiger partial charge in [-0.1, -0.05) is 44.2 Å². The molecule has 2 atom stereocenters. The van der Waals surface area contributed by atoms with Gasteiger partial charge in [0.05, 0.1) is 12.8 Å². The molecule has 35 heavy (non-hydrogen) atoms. The van der Waals surface area contributed by atoms with Crippen LogP contribution in [-0.4, -0.2) is 52.3 Å². The number of carbonyl (C=O) groups is 3. The number of nitrogens with one attached hydrogen (secondary N) is 2. The summed E-state index contributed by atoms with van der Waals surface area (Å²) in [6.07, 6.45) is 0.649. The number of aromatic nitrogens is 1. The largest absolute Gasteiger partial charge is 0.497 e. The second-order valence-electron chi connectivity index (χ2n) is 9.71. The van der Waals surface area contributed by atoms with E-state index in [1.54, 1.807) is 18.9 Å². The van der Waals surface area contributed by atoms with Gasteiger partial charge in [0, 0.05) is 24.0 Å². The van der Waals surface area contributed by atoms with E-state index in [-0.39, 0.29) is 24.3 Å². The number of imide groups is 1. The van der Waals surface area contributed by atoms with Gasteiger partial charge in [0.15, 0.2) is 5.54 Å². The summed E-state index contributed by atoms with van der Waals surface area (Å²) >= 11 is 0. The Morgan fingerprint density at radius 2 is 1.94 bits per heavy atom. The molecular weight excluding hydrogens is 444 g/mol. The number of amides is 4. The summed E-state index contributed by atoms with van der Waals surface area (Å²) < 4.78 is 5.25. The maximum atomic E-state index is 14.0. The van der Waals surface area contributed by atoms with Crippen molar-refractivity contribution in [1.29, 1.82) is 0 Å². The van der Waals surface area contributed by atoms with Crippen LogP contribution in [0.5, 0.6) is 5.75 Å². The number of nitrogens with zero attached hydrogens (tertiary/aromatic N) is 2. The molecule has 2 aliphatic rings. The van der Waals surface area contributed by atoms with Crippen molar-refractivity contribution in [2.45, 2.75) is 45.3 Å². The van der Waals surface area contributed by atoms with Crippen LogP contribution < -0.4 is 10.1 Å². The number of aromatic amines is 1. The van der Waals surface area contributed by atoms with Crippen LogP contribution in [0.1, 0.15) is 37.6 Å². The number of hydrogen-bond acceptors (Lipinski definition) is 4. The van der Waals surface area contributed by atoms with E-state index in [2.05, 4.69) is 10.3 Å². The van der Waals surface area contributed by atoms with E-state index in [1.807, 2.05) is 62.4 Å². The summed E-state index contributed by atoms with van der Waals surface area (Å²) in [6.45, 7) is 6.17. The number of H-pyrrole nitrogens is 1.